The summed E-state index contributed by atoms with van der Waals surface area (Å²) >= 11 is 0. The van der Waals surface area contributed by atoms with Gasteiger partial charge in [-0.15, -0.1) is 0 Å². The SMILES string of the molecule is CC/C=C\C/C=C\C/C=C\C/C=C\CCCCC(=O)OCC(COC(=O)CCCCCCCCCCCCCCCC/C=C\C/C=C\C/C=C\CCCCCCC)OC(=O)CCCCCCCCC/C=C\C/C=C\CCCCCC. The molecule has 458 valence electrons. The Bertz CT molecular complexity index is 1610. The fraction of sp³-hybridized carbons (Fsp3) is 0.716. The van der Waals surface area contributed by atoms with Gasteiger partial charge in [0, 0.05) is 19.3 Å². The summed E-state index contributed by atoms with van der Waals surface area (Å²) < 4.78 is 16.9. The number of ether oxygens (including phenoxy) is 3. The van der Waals surface area contributed by atoms with Crippen molar-refractivity contribution in [2.24, 2.45) is 0 Å². The van der Waals surface area contributed by atoms with Gasteiger partial charge in [0.2, 0.25) is 0 Å². The second-order valence-electron chi connectivity index (χ2n) is 22.3. The van der Waals surface area contributed by atoms with E-state index >= 15 is 0 Å². The van der Waals surface area contributed by atoms with Crippen LogP contribution in [0.3, 0.4) is 0 Å². The van der Waals surface area contributed by atoms with Crippen LogP contribution in [-0.4, -0.2) is 37.2 Å². The molecule has 0 aromatic heterocycles. The van der Waals surface area contributed by atoms with Gasteiger partial charge in [0.15, 0.2) is 6.10 Å². The van der Waals surface area contributed by atoms with Gasteiger partial charge >= 0.3 is 17.9 Å². The molecule has 80 heavy (non-hydrogen) atoms. The van der Waals surface area contributed by atoms with Crippen molar-refractivity contribution in [2.75, 3.05) is 13.2 Å². The molecule has 6 heteroatoms. The summed E-state index contributed by atoms with van der Waals surface area (Å²) in [6, 6.07) is 0. The standard InChI is InChI=1S/C74H126O6/c1-4-7-10-13-16-19-22-25-28-30-32-33-34-35-36-37-38-39-40-41-42-44-46-49-52-55-58-61-64-67-73(76)79-70-71(69-78-72(75)66-63-60-57-54-51-48-45-27-24-21-18-15-12-9-6-3)80-74(77)68-65-62-59-56-53-50-47-43-31-29-26-23-20-17-14-11-8-5-2/h9,12,18,20-23,25,27,29-32,34-35,45,51,54,71H,4-8,10-11,13-17,19,24,26,28,33,36-44,46-50,52-53,55-70H2,1-3H3/b12-9-,21-18-,23-20-,25-22-,31-29-,32-30-,35-34-,45-27-,54-51-. The quantitative estimate of drug-likeness (QED) is 0.0261. The van der Waals surface area contributed by atoms with Crippen molar-refractivity contribution in [3.63, 3.8) is 0 Å². The molecule has 0 heterocycles. The number of rotatable bonds is 61. The Labute approximate surface area is 495 Å². The van der Waals surface area contributed by atoms with E-state index in [0.717, 1.165) is 109 Å². The van der Waals surface area contributed by atoms with Gasteiger partial charge in [-0.3, -0.25) is 14.4 Å². The van der Waals surface area contributed by atoms with Crippen molar-refractivity contribution in [2.45, 2.75) is 329 Å². The summed E-state index contributed by atoms with van der Waals surface area (Å²) in [4.78, 5) is 38.4. The molecule has 1 unspecified atom stereocenters. The summed E-state index contributed by atoms with van der Waals surface area (Å²) in [5.74, 6) is -0.937. The van der Waals surface area contributed by atoms with Gasteiger partial charge in [-0.2, -0.15) is 0 Å². The molecule has 0 spiro atoms. The van der Waals surface area contributed by atoms with Crippen LogP contribution in [0.4, 0.5) is 0 Å². The third-order valence-corrected chi connectivity index (χ3v) is 14.5. The fourth-order valence-corrected chi connectivity index (χ4v) is 9.41. The second kappa shape index (κ2) is 67.6. The van der Waals surface area contributed by atoms with Crippen molar-refractivity contribution in [1.29, 1.82) is 0 Å². The van der Waals surface area contributed by atoms with Gasteiger partial charge in [0.1, 0.15) is 13.2 Å². The van der Waals surface area contributed by atoms with Crippen molar-refractivity contribution in [1.82, 2.24) is 0 Å². The van der Waals surface area contributed by atoms with Gasteiger partial charge in [-0.05, 0) is 128 Å². The van der Waals surface area contributed by atoms with Crippen LogP contribution < -0.4 is 0 Å². The van der Waals surface area contributed by atoms with E-state index in [0.29, 0.717) is 19.3 Å². The number of hydrogen-bond donors (Lipinski definition) is 0. The average molecular weight is 1110 g/mol. The van der Waals surface area contributed by atoms with Gasteiger partial charge in [-0.1, -0.05) is 284 Å². The van der Waals surface area contributed by atoms with Crippen molar-refractivity contribution in [3.05, 3.63) is 109 Å². The summed E-state index contributed by atoms with van der Waals surface area (Å²) in [5.41, 5.74) is 0. The highest BCUT2D eigenvalue weighted by Crippen LogP contribution is 2.16. The topological polar surface area (TPSA) is 78.9 Å². The minimum atomic E-state index is -0.802. The van der Waals surface area contributed by atoms with Crippen LogP contribution in [0.2, 0.25) is 0 Å². The van der Waals surface area contributed by atoms with E-state index in [-0.39, 0.29) is 31.1 Å². The smallest absolute Gasteiger partial charge is 0.306 e. The van der Waals surface area contributed by atoms with Gasteiger partial charge in [0.05, 0.1) is 0 Å². The highest BCUT2D eigenvalue weighted by atomic mass is 16.6. The van der Waals surface area contributed by atoms with Crippen molar-refractivity contribution >= 4 is 17.9 Å². The minimum Gasteiger partial charge on any atom is -0.462 e. The van der Waals surface area contributed by atoms with Gasteiger partial charge < -0.3 is 14.2 Å². The van der Waals surface area contributed by atoms with Crippen molar-refractivity contribution < 1.29 is 28.6 Å². The zero-order valence-corrected chi connectivity index (χ0v) is 52.6. The van der Waals surface area contributed by atoms with E-state index in [9.17, 15) is 14.4 Å². The molecule has 0 aliphatic rings. The Morgan fingerprint density at radius 1 is 0.263 bits per heavy atom. The van der Waals surface area contributed by atoms with Crippen LogP contribution in [0.25, 0.3) is 0 Å². The molecular weight excluding hydrogens is 985 g/mol. The maximum atomic E-state index is 12.9. The molecule has 0 aliphatic heterocycles. The van der Waals surface area contributed by atoms with Crippen LogP contribution in [0, 0.1) is 0 Å². The molecule has 0 saturated carbocycles. The fourth-order valence-electron chi connectivity index (χ4n) is 9.41. The maximum Gasteiger partial charge on any atom is 0.306 e. The van der Waals surface area contributed by atoms with Gasteiger partial charge in [0.25, 0.3) is 0 Å². The Hall–Kier alpha value is -3.93. The molecular formula is C74H126O6. The zero-order chi connectivity index (χ0) is 57.8. The highest BCUT2D eigenvalue weighted by molar-refractivity contribution is 5.71. The van der Waals surface area contributed by atoms with E-state index in [4.69, 9.17) is 14.2 Å². The summed E-state index contributed by atoms with van der Waals surface area (Å²) in [6.07, 6.45) is 92.5. The first-order valence-corrected chi connectivity index (χ1v) is 33.9. The van der Waals surface area contributed by atoms with Crippen molar-refractivity contribution in [3.8, 4) is 0 Å². The summed E-state index contributed by atoms with van der Waals surface area (Å²) in [5, 5.41) is 0. The number of allylic oxidation sites excluding steroid dienone is 18. The molecule has 0 aromatic rings. The lowest BCUT2D eigenvalue weighted by molar-refractivity contribution is -0.167. The van der Waals surface area contributed by atoms with Crippen LogP contribution in [0.15, 0.2) is 109 Å². The lowest BCUT2D eigenvalue weighted by Crippen LogP contribution is -2.30. The molecule has 0 saturated heterocycles. The van der Waals surface area contributed by atoms with Crippen LogP contribution in [0.5, 0.6) is 0 Å². The Balaban J connectivity index is 4.32. The predicted octanol–water partition coefficient (Wildman–Crippen LogP) is 23.4. The van der Waals surface area contributed by atoms with Crippen LogP contribution in [0.1, 0.15) is 323 Å². The molecule has 0 radical (unpaired) electrons. The third-order valence-electron chi connectivity index (χ3n) is 14.5. The molecule has 0 amide bonds. The first-order chi connectivity index (χ1) is 39.5. The largest absolute Gasteiger partial charge is 0.462 e. The van der Waals surface area contributed by atoms with E-state index in [1.165, 1.54) is 173 Å². The number of carbonyl (C=O) groups excluding carboxylic acids is 3. The molecule has 0 fully saturated rings. The number of esters is 3. The predicted molar refractivity (Wildman–Crippen MR) is 348 cm³/mol. The summed E-state index contributed by atoms with van der Waals surface area (Å²) in [6.45, 7) is 6.48. The molecule has 0 bridgehead atoms. The molecule has 0 N–H and O–H groups in total. The van der Waals surface area contributed by atoms with E-state index in [2.05, 4.69) is 130 Å². The Morgan fingerprint density at radius 3 is 0.800 bits per heavy atom. The van der Waals surface area contributed by atoms with E-state index in [1.807, 2.05) is 0 Å². The summed E-state index contributed by atoms with van der Waals surface area (Å²) in [7, 11) is 0. The third kappa shape index (κ3) is 64.9. The molecule has 1 atom stereocenters. The number of hydrogen-bond acceptors (Lipinski definition) is 6. The number of unbranched alkanes of at least 4 members (excludes halogenated alkanes) is 32. The maximum absolute atomic E-state index is 12.9. The molecule has 0 rings (SSSR count). The molecule has 0 aromatic carbocycles. The lowest BCUT2D eigenvalue weighted by Gasteiger charge is -2.18. The van der Waals surface area contributed by atoms with E-state index < -0.39 is 6.10 Å². The lowest BCUT2D eigenvalue weighted by atomic mass is 10.0. The zero-order valence-electron chi connectivity index (χ0n) is 52.6. The molecule has 0 aliphatic carbocycles. The number of carbonyl (C=O) groups is 3. The van der Waals surface area contributed by atoms with Crippen LogP contribution in [-0.2, 0) is 28.6 Å². The monoisotopic (exact) mass is 1110 g/mol. The minimum absolute atomic E-state index is 0.0946. The second-order valence-corrected chi connectivity index (χ2v) is 22.3. The average Bonchev–Trinajstić information content (AvgIpc) is 3.46. The first kappa shape index (κ1) is 76.1. The van der Waals surface area contributed by atoms with Crippen LogP contribution >= 0.6 is 0 Å². The van der Waals surface area contributed by atoms with Gasteiger partial charge in [-0.25, -0.2) is 0 Å². The Morgan fingerprint density at radius 2 is 0.487 bits per heavy atom. The first-order valence-electron chi connectivity index (χ1n) is 33.9. The Kier molecular flexibility index (Phi) is 64.3. The highest BCUT2D eigenvalue weighted by Gasteiger charge is 2.19. The molecule has 6 nitrogen and oxygen atoms in total. The normalized spacial score (nSPS) is 12.8. The van der Waals surface area contributed by atoms with E-state index in [1.54, 1.807) is 0 Å².